The summed E-state index contributed by atoms with van der Waals surface area (Å²) in [5.41, 5.74) is 1.61. The van der Waals surface area contributed by atoms with Crippen LogP contribution in [-0.2, 0) is 14.3 Å². The van der Waals surface area contributed by atoms with Gasteiger partial charge in [0.25, 0.3) is 5.91 Å². The third-order valence-electron chi connectivity index (χ3n) is 4.37. The second kappa shape index (κ2) is 7.55. The lowest BCUT2D eigenvalue weighted by molar-refractivity contribution is -0.124. The van der Waals surface area contributed by atoms with Crippen molar-refractivity contribution in [3.63, 3.8) is 0 Å². The number of nitrogens with zero attached hydrogens (tertiary/aromatic N) is 4. The van der Waals surface area contributed by atoms with Crippen molar-refractivity contribution in [2.24, 2.45) is 0 Å². The zero-order valence-corrected chi connectivity index (χ0v) is 15.9. The Bertz CT molecular complexity index is 946. The minimum Gasteiger partial charge on any atom is -0.377 e. The van der Waals surface area contributed by atoms with Crippen LogP contribution in [0.3, 0.4) is 0 Å². The Hall–Kier alpha value is -3.01. The number of fused-ring (bicyclic) bond motifs is 1. The van der Waals surface area contributed by atoms with Crippen molar-refractivity contribution < 1.29 is 14.3 Å². The molecule has 0 unspecified atom stereocenters. The van der Waals surface area contributed by atoms with E-state index in [0.717, 1.165) is 12.8 Å². The molecule has 28 heavy (non-hydrogen) atoms. The molecule has 1 aliphatic carbocycles. The normalized spacial score (nSPS) is 18.3. The summed E-state index contributed by atoms with van der Waals surface area (Å²) in [5.74, 6) is 0.372. The van der Waals surface area contributed by atoms with E-state index in [1.165, 1.54) is 0 Å². The number of carbonyl (C=O) groups excluding carboxylic acids is 2. The van der Waals surface area contributed by atoms with E-state index in [-0.39, 0.29) is 24.3 Å². The zero-order valence-electron chi connectivity index (χ0n) is 15.9. The summed E-state index contributed by atoms with van der Waals surface area (Å²) in [6.07, 6.45) is 5.68. The fourth-order valence-electron chi connectivity index (χ4n) is 2.85. The first-order valence-corrected chi connectivity index (χ1v) is 9.42. The molecule has 0 aromatic carbocycles. The first kappa shape index (κ1) is 18.4. The second-order valence-electron chi connectivity index (χ2n) is 7.19. The molecule has 0 radical (unpaired) electrons. The van der Waals surface area contributed by atoms with Gasteiger partial charge in [0.05, 0.1) is 25.3 Å². The van der Waals surface area contributed by atoms with Crippen molar-refractivity contribution in [2.75, 3.05) is 23.8 Å². The first-order chi connectivity index (χ1) is 13.5. The maximum Gasteiger partial charge on any atom is 0.254 e. The number of imide groups is 1. The van der Waals surface area contributed by atoms with Crippen LogP contribution < -0.4 is 16.0 Å². The van der Waals surface area contributed by atoms with Crippen LogP contribution in [0.2, 0.25) is 0 Å². The number of aromatic nitrogens is 4. The lowest BCUT2D eigenvalue weighted by Gasteiger charge is -2.11. The van der Waals surface area contributed by atoms with Crippen LogP contribution in [0, 0.1) is 0 Å². The van der Waals surface area contributed by atoms with Gasteiger partial charge < -0.3 is 15.4 Å². The highest BCUT2D eigenvalue weighted by Crippen LogP contribution is 2.26. The Morgan fingerprint density at radius 2 is 2.18 bits per heavy atom. The van der Waals surface area contributed by atoms with Crippen LogP contribution in [0.15, 0.2) is 11.8 Å². The molecule has 2 aliphatic rings. The van der Waals surface area contributed by atoms with Gasteiger partial charge in [-0.2, -0.15) is 19.6 Å². The van der Waals surface area contributed by atoms with E-state index in [0.29, 0.717) is 47.9 Å². The Morgan fingerprint density at radius 1 is 1.36 bits per heavy atom. The number of anilines is 2. The molecule has 4 rings (SSSR count). The Morgan fingerprint density at radius 3 is 2.86 bits per heavy atom. The number of amides is 2. The standard InChI is InChI=1S/C18H23N7O3/c1-10(2)28-6-5-19-17-23-15-12(7-11-8-14(26)22-16(11)27)9-20-25(15)18(24-17)21-13-3-4-13/h7,9-10,13H,3-6,8H2,1-2H3,(H,22,26,27)(H2,19,21,23,24)/b11-7+. The molecule has 0 bridgehead atoms. The molecule has 2 amide bonds. The topological polar surface area (TPSA) is 123 Å². The Kier molecular flexibility index (Phi) is 4.95. The average Bonchev–Trinajstić information content (AvgIpc) is 3.28. The number of carbonyl (C=O) groups is 2. The van der Waals surface area contributed by atoms with Crippen molar-refractivity contribution in [3.05, 3.63) is 17.3 Å². The SMILES string of the molecule is CC(C)OCCNc1nc(NC2CC2)n2ncc(/C=C3\CC(=O)NC3=O)c2n1. The number of hydrogen-bond acceptors (Lipinski definition) is 8. The van der Waals surface area contributed by atoms with Gasteiger partial charge in [-0.3, -0.25) is 14.9 Å². The molecule has 10 heteroatoms. The average molecular weight is 385 g/mol. The van der Waals surface area contributed by atoms with E-state index in [9.17, 15) is 9.59 Å². The summed E-state index contributed by atoms with van der Waals surface area (Å²) in [7, 11) is 0. The molecule has 1 aliphatic heterocycles. The third kappa shape index (κ3) is 4.11. The van der Waals surface area contributed by atoms with Gasteiger partial charge in [0, 0.05) is 23.7 Å². The molecular formula is C18H23N7O3. The Labute approximate surface area is 161 Å². The van der Waals surface area contributed by atoms with Gasteiger partial charge in [-0.1, -0.05) is 0 Å². The molecule has 1 saturated heterocycles. The zero-order chi connectivity index (χ0) is 19.7. The lowest BCUT2D eigenvalue weighted by Crippen LogP contribution is -2.19. The lowest BCUT2D eigenvalue weighted by atomic mass is 10.1. The summed E-state index contributed by atoms with van der Waals surface area (Å²) >= 11 is 0. The van der Waals surface area contributed by atoms with Crippen LogP contribution in [0.5, 0.6) is 0 Å². The maximum absolute atomic E-state index is 11.9. The number of nitrogens with one attached hydrogen (secondary N) is 3. The van der Waals surface area contributed by atoms with Gasteiger partial charge in [-0.05, 0) is 32.8 Å². The number of ether oxygens (including phenoxy) is 1. The first-order valence-electron chi connectivity index (χ1n) is 9.42. The van der Waals surface area contributed by atoms with Crippen molar-refractivity contribution in [1.82, 2.24) is 24.9 Å². The summed E-state index contributed by atoms with van der Waals surface area (Å²) in [4.78, 5) is 32.4. The summed E-state index contributed by atoms with van der Waals surface area (Å²) in [6, 6.07) is 0.388. The second-order valence-corrected chi connectivity index (χ2v) is 7.19. The van der Waals surface area contributed by atoms with Gasteiger partial charge in [0.2, 0.25) is 17.8 Å². The van der Waals surface area contributed by atoms with E-state index in [1.54, 1.807) is 16.8 Å². The highest BCUT2D eigenvalue weighted by atomic mass is 16.5. The van der Waals surface area contributed by atoms with Crippen molar-refractivity contribution >= 4 is 35.4 Å². The van der Waals surface area contributed by atoms with Crippen LogP contribution in [-0.4, -0.2) is 56.7 Å². The highest BCUT2D eigenvalue weighted by molar-refractivity contribution is 6.15. The predicted octanol–water partition coefficient (Wildman–Crippen LogP) is 0.965. The molecule has 148 valence electrons. The van der Waals surface area contributed by atoms with E-state index >= 15 is 0 Å². The minimum absolute atomic E-state index is 0.0616. The van der Waals surface area contributed by atoms with Crippen molar-refractivity contribution in [3.8, 4) is 0 Å². The summed E-state index contributed by atoms with van der Waals surface area (Å²) in [5, 5.41) is 13.2. The maximum atomic E-state index is 11.9. The monoisotopic (exact) mass is 385 g/mol. The van der Waals surface area contributed by atoms with E-state index < -0.39 is 0 Å². The van der Waals surface area contributed by atoms with E-state index in [2.05, 4.69) is 31.0 Å². The number of hydrogen-bond donors (Lipinski definition) is 3. The van der Waals surface area contributed by atoms with Gasteiger partial charge in [0.1, 0.15) is 0 Å². The summed E-state index contributed by atoms with van der Waals surface area (Å²) in [6.45, 7) is 5.07. The van der Waals surface area contributed by atoms with Crippen LogP contribution in [0.25, 0.3) is 11.7 Å². The molecule has 1 saturated carbocycles. The molecule has 0 spiro atoms. The molecule has 2 aromatic heterocycles. The smallest absolute Gasteiger partial charge is 0.254 e. The fourth-order valence-corrected chi connectivity index (χ4v) is 2.85. The third-order valence-corrected chi connectivity index (χ3v) is 4.37. The van der Waals surface area contributed by atoms with Crippen molar-refractivity contribution in [2.45, 2.75) is 45.3 Å². The van der Waals surface area contributed by atoms with Crippen molar-refractivity contribution in [1.29, 1.82) is 0 Å². The molecule has 2 aromatic rings. The van der Waals surface area contributed by atoms with Gasteiger partial charge in [0.15, 0.2) is 5.65 Å². The fraction of sp³-hybridized carbons (Fsp3) is 0.500. The quantitative estimate of drug-likeness (QED) is 0.349. The van der Waals surface area contributed by atoms with Crippen LogP contribution >= 0.6 is 0 Å². The molecule has 0 atom stereocenters. The molecule has 10 nitrogen and oxygen atoms in total. The molecule has 3 N–H and O–H groups in total. The predicted molar refractivity (Wildman–Crippen MR) is 103 cm³/mol. The van der Waals surface area contributed by atoms with Gasteiger partial charge in [-0.25, -0.2) is 0 Å². The molecule has 2 fully saturated rings. The largest absolute Gasteiger partial charge is 0.377 e. The number of rotatable bonds is 8. The van der Waals surface area contributed by atoms with Crippen LogP contribution in [0.4, 0.5) is 11.9 Å². The summed E-state index contributed by atoms with van der Waals surface area (Å²) < 4.78 is 7.16. The van der Waals surface area contributed by atoms with E-state index in [4.69, 9.17) is 4.74 Å². The molecular weight excluding hydrogens is 362 g/mol. The highest BCUT2D eigenvalue weighted by Gasteiger charge is 2.26. The van der Waals surface area contributed by atoms with Gasteiger partial charge >= 0.3 is 0 Å². The minimum atomic E-state index is -0.376. The van der Waals surface area contributed by atoms with Crippen LogP contribution in [0.1, 0.15) is 38.7 Å². The van der Waals surface area contributed by atoms with E-state index in [1.807, 2.05) is 13.8 Å². The Balaban J connectivity index is 1.63. The molecule has 3 heterocycles. The van der Waals surface area contributed by atoms with Gasteiger partial charge in [-0.15, -0.1) is 0 Å².